The number of hydrogen-bond acceptors (Lipinski definition) is 4. The first-order valence-corrected chi connectivity index (χ1v) is 11.0. The third kappa shape index (κ3) is 4.02. The molecule has 0 amide bonds. The third-order valence-corrected chi connectivity index (χ3v) is 6.00. The van der Waals surface area contributed by atoms with E-state index >= 15 is 4.39 Å². The molecule has 1 aliphatic rings. The number of nitrogens with zero attached hydrogens (tertiary/aromatic N) is 1. The molecule has 1 N–H and O–H groups in total. The maximum absolute atomic E-state index is 15.2. The van der Waals surface area contributed by atoms with Gasteiger partial charge in [-0.2, -0.15) is 0 Å². The lowest BCUT2D eigenvalue weighted by atomic mass is 9.87. The summed E-state index contributed by atoms with van der Waals surface area (Å²) in [4.78, 5) is 25.6. The number of carbonyl (C=O) groups is 1. The number of fused-ring (bicyclic) bond motifs is 2. The van der Waals surface area contributed by atoms with E-state index in [2.05, 4.69) is 0 Å². The molecule has 1 aromatic heterocycles. The van der Waals surface area contributed by atoms with E-state index < -0.39 is 23.5 Å². The lowest BCUT2D eigenvalue weighted by molar-refractivity contribution is -0.161. The second-order valence-electron chi connectivity index (χ2n) is 9.41. The molecule has 0 bridgehead atoms. The Balaban J connectivity index is 2.16. The van der Waals surface area contributed by atoms with Gasteiger partial charge in [-0.1, -0.05) is 18.2 Å². The Labute approximate surface area is 191 Å². The van der Waals surface area contributed by atoms with Crippen molar-refractivity contribution in [1.82, 2.24) is 4.57 Å². The second kappa shape index (κ2) is 8.30. The van der Waals surface area contributed by atoms with Crippen molar-refractivity contribution in [3.05, 3.63) is 63.3 Å². The van der Waals surface area contributed by atoms with Crippen LogP contribution in [0.15, 0.2) is 35.1 Å². The van der Waals surface area contributed by atoms with E-state index in [-0.39, 0.29) is 17.0 Å². The zero-order valence-corrected chi connectivity index (χ0v) is 19.5. The van der Waals surface area contributed by atoms with Gasteiger partial charge in [-0.3, -0.25) is 4.79 Å². The predicted octanol–water partition coefficient (Wildman–Crippen LogP) is 4.92. The Bertz CT molecular complexity index is 1320. The molecule has 3 aromatic rings. The van der Waals surface area contributed by atoms with Gasteiger partial charge in [0.05, 0.1) is 17.9 Å². The van der Waals surface area contributed by atoms with Gasteiger partial charge in [0.25, 0.3) is 5.56 Å². The number of hydrogen-bond donors (Lipinski definition) is 1. The Morgan fingerprint density at radius 2 is 1.91 bits per heavy atom. The standard InChI is InChI=1S/C26H28FNO5/c1-14-15-11-8-12-32-22(15)19(27)13-18(14)20-16-9-6-7-10-17(16)24(29)28(5)21(20)23(25(30)31)33-26(2,3)4/h6-7,9-10,13,23H,8,11-12H2,1-5H3,(H,30,31)/t23-/m0/s1. The molecule has 33 heavy (non-hydrogen) atoms. The van der Waals surface area contributed by atoms with Gasteiger partial charge in [0.1, 0.15) is 0 Å². The fraction of sp³-hybridized carbons (Fsp3) is 0.385. The van der Waals surface area contributed by atoms with E-state index in [4.69, 9.17) is 9.47 Å². The molecule has 0 aliphatic carbocycles. The van der Waals surface area contributed by atoms with Crippen LogP contribution < -0.4 is 10.3 Å². The molecule has 4 rings (SSSR count). The van der Waals surface area contributed by atoms with E-state index in [1.807, 2.05) is 6.92 Å². The maximum Gasteiger partial charge on any atom is 0.339 e. The number of ether oxygens (including phenoxy) is 2. The monoisotopic (exact) mass is 453 g/mol. The van der Waals surface area contributed by atoms with Crippen molar-refractivity contribution in [2.24, 2.45) is 7.05 Å². The van der Waals surface area contributed by atoms with E-state index in [0.717, 1.165) is 17.5 Å². The number of carboxylic acid groups (broad SMARTS) is 1. The van der Waals surface area contributed by atoms with E-state index in [1.165, 1.54) is 17.7 Å². The van der Waals surface area contributed by atoms with Crippen LogP contribution in [0.4, 0.5) is 4.39 Å². The van der Waals surface area contributed by atoms with Gasteiger partial charge in [0.2, 0.25) is 0 Å². The molecule has 0 fully saturated rings. The zero-order chi connectivity index (χ0) is 24.1. The summed E-state index contributed by atoms with van der Waals surface area (Å²) in [7, 11) is 1.53. The Kier molecular flexibility index (Phi) is 5.78. The summed E-state index contributed by atoms with van der Waals surface area (Å²) in [5.41, 5.74) is 1.62. The van der Waals surface area contributed by atoms with Gasteiger partial charge in [0.15, 0.2) is 17.7 Å². The molecular formula is C26H28FNO5. The van der Waals surface area contributed by atoms with Crippen LogP contribution >= 0.6 is 0 Å². The first-order chi connectivity index (χ1) is 15.5. The average molecular weight is 454 g/mol. The highest BCUT2D eigenvalue weighted by Crippen LogP contribution is 2.42. The molecule has 0 spiro atoms. The van der Waals surface area contributed by atoms with Crippen LogP contribution in [-0.2, 0) is 23.0 Å². The van der Waals surface area contributed by atoms with Gasteiger partial charge in [-0.25, -0.2) is 9.18 Å². The van der Waals surface area contributed by atoms with Gasteiger partial charge < -0.3 is 19.1 Å². The van der Waals surface area contributed by atoms with Crippen molar-refractivity contribution in [2.45, 2.75) is 52.2 Å². The minimum absolute atomic E-state index is 0.181. The largest absolute Gasteiger partial charge is 0.490 e. The van der Waals surface area contributed by atoms with Crippen LogP contribution in [0.5, 0.6) is 5.75 Å². The molecule has 174 valence electrons. The van der Waals surface area contributed by atoms with Crippen LogP contribution in [0.1, 0.15) is 50.1 Å². The Morgan fingerprint density at radius 3 is 2.55 bits per heavy atom. The lowest BCUT2D eigenvalue weighted by Gasteiger charge is -2.29. The van der Waals surface area contributed by atoms with Crippen molar-refractivity contribution < 1.29 is 23.8 Å². The summed E-state index contributed by atoms with van der Waals surface area (Å²) in [5, 5.41) is 11.1. The molecule has 2 heterocycles. The van der Waals surface area contributed by atoms with E-state index in [1.54, 1.807) is 45.0 Å². The average Bonchev–Trinajstić information content (AvgIpc) is 2.77. The fourth-order valence-corrected chi connectivity index (χ4v) is 4.57. The topological polar surface area (TPSA) is 77.8 Å². The molecule has 0 saturated carbocycles. The number of aliphatic carboxylic acids is 1. The van der Waals surface area contributed by atoms with Gasteiger partial charge >= 0.3 is 5.97 Å². The number of rotatable bonds is 4. The normalized spacial score (nSPS) is 14.6. The van der Waals surface area contributed by atoms with E-state index in [0.29, 0.717) is 34.9 Å². The second-order valence-corrected chi connectivity index (χ2v) is 9.41. The summed E-state index contributed by atoms with van der Waals surface area (Å²) in [6.07, 6.45) is -0.00838. The van der Waals surface area contributed by atoms with Crippen molar-refractivity contribution in [1.29, 1.82) is 0 Å². The van der Waals surface area contributed by atoms with E-state index in [9.17, 15) is 14.7 Å². The number of aromatic nitrogens is 1. The summed E-state index contributed by atoms with van der Waals surface area (Å²) < 4.78 is 28.0. The van der Waals surface area contributed by atoms with Crippen molar-refractivity contribution in [2.75, 3.05) is 6.61 Å². The first-order valence-electron chi connectivity index (χ1n) is 11.0. The number of pyridine rings is 1. The summed E-state index contributed by atoms with van der Waals surface area (Å²) >= 11 is 0. The summed E-state index contributed by atoms with van der Waals surface area (Å²) in [6, 6.07) is 8.37. The SMILES string of the molecule is Cc1c(-c2c([C@H](OC(C)(C)C)C(=O)O)n(C)c(=O)c3ccccc23)cc(F)c2c1CCCO2. The molecule has 7 heteroatoms. The molecule has 0 saturated heterocycles. The van der Waals surface area contributed by atoms with Crippen LogP contribution in [-0.4, -0.2) is 27.9 Å². The van der Waals surface area contributed by atoms with Crippen LogP contribution in [0.2, 0.25) is 0 Å². The highest BCUT2D eigenvalue weighted by Gasteiger charge is 2.34. The maximum atomic E-state index is 15.2. The molecule has 1 aliphatic heterocycles. The minimum atomic E-state index is -1.43. The Morgan fingerprint density at radius 1 is 1.24 bits per heavy atom. The van der Waals surface area contributed by atoms with Crippen LogP contribution in [0.25, 0.3) is 21.9 Å². The molecule has 6 nitrogen and oxygen atoms in total. The summed E-state index contributed by atoms with van der Waals surface area (Å²) in [6.45, 7) is 7.60. The Hall–Kier alpha value is -3.19. The van der Waals surface area contributed by atoms with Crippen molar-refractivity contribution >= 4 is 16.7 Å². The number of carboxylic acids is 1. The molecule has 1 atom stereocenters. The molecular weight excluding hydrogens is 425 g/mol. The smallest absolute Gasteiger partial charge is 0.339 e. The number of benzene rings is 2. The highest BCUT2D eigenvalue weighted by molar-refractivity contribution is 5.99. The third-order valence-electron chi connectivity index (χ3n) is 6.00. The van der Waals surface area contributed by atoms with Crippen molar-refractivity contribution in [3.8, 4) is 16.9 Å². The summed E-state index contributed by atoms with van der Waals surface area (Å²) in [5.74, 6) is -1.48. The van der Waals surface area contributed by atoms with Crippen LogP contribution in [0, 0.1) is 12.7 Å². The minimum Gasteiger partial charge on any atom is -0.490 e. The molecule has 0 unspecified atom stereocenters. The van der Waals surface area contributed by atoms with Gasteiger partial charge in [-0.05, 0) is 69.2 Å². The highest BCUT2D eigenvalue weighted by atomic mass is 19.1. The molecule has 0 radical (unpaired) electrons. The quantitative estimate of drug-likeness (QED) is 0.607. The van der Waals surface area contributed by atoms with Crippen LogP contribution in [0.3, 0.4) is 0 Å². The zero-order valence-electron chi connectivity index (χ0n) is 19.5. The molecule has 2 aromatic carbocycles. The van der Waals surface area contributed by atoms with Crippen molar-refractivity contribution in [3.63, 3.8) is 0 Å². The predicted molar refractivity (Wildman–Crippen MR) is 124 cm³/mol. The van der Waals surface area contributed by atoms with Gasteiger partial charge in [0, 0.05) is 23.6 Å². The first kappa shape index (κ1) is 23.0. The lowest BCUT2D eigenvalue weighted by Crippen LogP contribution is -2.33. The fourth-order valence-electron chi connectivity index (χ4n) is 4.57. The number of halogens is 1. The van der Waals surface area contributed by atoms with Gasteiger partial charge in [-0.15, -0.1) is 0 Å².